The third-order valence-corrected chi connectivity index (χ3v) is 4.17. The number of carbonyl (C=O) groups excluding carboxylic acids is 1. The maximum Gasteiger partial charge on any atom is 0.401 e. The monoisotopic (exact) mass is 341 g/mol. The fraction of sp³-hybridized carbons (Fsp3) is 0.500. The van der Waals surface area contributed by atoms with E-state index < -0.39 is 18.7 Å². The molecule has 5 nitrogen and oxygen atoms in total. The van der Waals surface area contributed by atoms with Crippen LogP contribution in [0.1, 0.15) is 23.2 Å². The van der Waals surface area contributed by atoms with E-state index in [-0.39, 0.29) is 19.2 Å². The quantitative estimate of drug-likeness (QED) is 0.806. The Morgan fingerprint density at radius 2 is 2.04 bits per heavy atom. The molecule has 0 aliphatic carbocycles. The van der Waals surface area contributed by atoms with Crippen LogP contribution in [0.15, 0.2) is 24.5 Å². The van der Waals surface area contributed by atoms with E-state index in [1.54, 1.807) is 24.5 Å². The first-order valence-corrected chi connectivity index (χ1v) is 7.73. The number of hydrogen-bond acceptors (Lipinski definition) is 4. The number of nitrogens with zero attached hydrogens (tertiary/aromatic N) is 3. The van der Waals surface area contributed by atoms with Gasteiger partial charge in [0.2, 0.25) is 0 Å². The van der Waals surface area contributed by atoms with Gasteiger partial charge in [-0.15, -0.1) is 0 Å². The van der Waals surface area contributed by atoms with Crippen LogP contribution >= 0.6 is 0 Å². The van der Waals surface area contributed by atoms with E-state index >= 15 is 0 Å². The summed E-state index contributed by atoms with van der Waals surface area (Å²) in [7, 11) is 1.86. The Kier molecular flexibility index (Phi) is 4.49. The number of likely N-dealkylation sites (tertiary alicyclic amines) is 1. The fourth-order valence-corrected chi connectivity index (χ4v) is 2.92. The number of alkyl halides is 3. The summed E-state index contributed by atoms with van der Waals surface area (Å²) in [6, 6.07) is 5.13. The zero-order valence-corrected chi connectivity index (χ0v) is 13.2. The van der Waals surface area contributed by atoms with Gasteiger partial charge in [0.25, 0.3) is 0 Å². The van der Waals surface area contributed by atoms with E-state index in [2.05, 4.69) is 4.98 Å². The van der Waals surface area contributed by atoms with Crippen molar-refractivity contribution >= 4 is 17.0 Å². The van der Waals surface area contributed by atoms with Crippen LogP contribution in [0.2, 0.25) is 0 Å². The Morgan fingerprint density at radius 1 is 1.33 bits per heavy atom. The van der Waals surface area contributed by atoms with Crippen LogP contribution in [0, 0.1) is 0 Å². The molecule has 1 fully saturated rings. The Bertz CT molecular complexity index is 734. The largest absolute Gasteiger partial charge is 0.459 e. The zero-order chi connectivity index (χ0) is 17.3. The van der Waals surface area contributed by atoms with Gasteiger partial charge in [-0.1, -0.05) is 0 Å². The molecule has 1 aromatic carbocycles. The Balaban J connectivity index is 1.57. The minimum absolute atomic E-state index is 0.275. The summed E-state index contributed by atoms with van der Waals surface area (Å²) in [5, 5.41) is 0. The van der Waals surface area contributed by atoms with Crippen molar-refractivity contribution in [1.82, 2.24) is 14.5 Å². The summed E-state index contributed by atoms with van der Waals surface area (Å²) in [4.78, 5) is 17.8. The Labute approximate surface area is 137 Å². The minimum atomic E-state index is -4.19. The topological polar surface area (TPSA) is 47.4 Å². The van der Waals surface area contributed by atoms with Crippen molar-refractivity contribution in [2.24, 2.45) is 7.05 Å². The van der Waals surface area contributed by atoms with Gasteiger partial charge in [-0.2, -0.15) is 13.2 Å². The van der Waals surface area contributed by atoms with Crippen molar-refractivity contribution in [2.75, 3.05) is 19.6 Å². The number of esters is 1. The number of fused-ring (bicyclic) bond motifs is 1. The molecule has 130 valence electrons. The average molecular weight is 341 g/mol. The van der Waals surface area contributed by atoms with Crippen LogP contribution in [-0.4, -0.2) is 52.3 Å². The molecule has 0 saturated carbocycles. The maximum absolute atomic E-state index is 12.4. The summed E-state index contributed by atoms with van der Waals surface area (Å²) in [5.74, 6) is -0.461. The molecule has 1 aliphatic heterocycles. The highest BCUT2D eigenvalue weighted by Gasteiger charge is 2.33. The number of rotatable bonds is 3. The van der Waals surface area contributed by atoms with E-state index in [0.717, 1.165) is 5.52 Å². The Morgan fingerprint density at radius 3 is 2.71 bits per heavy atom. The highest BCUT2D eigenvalue weighted by molar-refractivity contribution is 5.93. The van der Waals surface area contributed by atoms with Crippen molar-refractivity contribution in [3.63, 3.8) is 0 Å². The summed E-state index contributed by atoms with van der Waals surface area (Å²) in [6.07, 6.45) is -2.06. The smallest absolute Gasteiger partial charge is 0.401 e. The van der Waals surface area contributed by atoms with Crippen LogP contribution in [-0.2, 0) is 11.8 Å². The van der Waals surface area contributed by atoms with Crippen molar-refractivity contribution in [3.8, 4) is 0 Å². The molecule has 0 bridgehead atoms. The highest BCUT2D eigenvalue weighted by atomic mass is 19.4. The predicted molar refractivity (Wildman–Crippen MR) is 81.6 cm³/mol. The van der Waals surface area contributed by atoms with Gasteiger partial charge in [-0.05, 0) is 31.0 Å². The zero-order valence-electron chi connectivity index (χ0n) is 13.2. The first-order chi connectivity index (χ1) is 11.3. The van der Waals surface area contributed by atoms with Gasteiger partial charge in [0, 0.05) is 20.1 Å². The van der Waals surface area contributed by atoms with Crippen LogP contribution in [0.25, 0.3) is 11.0 Å². The molecule has 2 aromatic rings. The lowest BCUT2D eigenvalue weighted by Gasteiger charge is -2.31. The molecule has 1 aromatic heterocycles. The number of benzene rings is 1. The maximum atomic E-state index is 12.4. The molecular weight excluding hydrogens is 323 g/mol. The van der Waals surface area contributed by atoms with E-state index in [1.165, 1.54) is 4.90 Å². The van der Waals surface area contributed by atoms with E-state index in [4.69, 9.17) is 4.74 Å². The summed E-state index contributed by atoms with van der Waals surface area (Å²) >= 11 is 0. The lowest BCUT2D eigenvalue weighted by molar-refractivity contribution is -0.150. The van der Waals surface area contributed by atoms with Gasteiger partial charge < -0.3 is 9.30 Å². The van der Waals surface area contributed by atoms with E-state index in [0.29, 0.717) is 23.9 Å². The number of piperidine rings is 1. The molecule has 0 N–H and O–H groups in total. The normalized spacial score (nSPS) is 17.3. The van der Waals surface area contributed by atoms with Crippen LogP contribution in [0.4, 0.5) is 13.2 Å². The van der Waals surface area contributed by atoms with Gasteiger partial charge in [-0.3, -0.25) is 4.90 Å². The molecule has 24 heavy (non-hydrogen) atoms. The molecule has 1 saturated heterocycles. The lowest BCUT2D eigenvalue weighted by Crippen LogP contribution is -2.42. The number of aryl methyl sites for hydroxylation is 1. The lowest BCUT2D eigenvalue weighted by atomic mass is 10.1. The second-order valence-electron chi connectivity index (χ2n) is 6.05. The second-order valence-corrected chi connectivity index (χ2v) is 6.05. The summed E-state index contributed by atoms with van der Waals surface area (Å²) in [6.45, 7) is -0.364. The molecule has 0 amide bonds. The van der Waals surface area contributed by atoms with Crippen molar-refractivity contribution < 1.29 is 22.7 Å². The molecule has 0 radical (unpaired) electrons. The van der Waals surface area contributed by atoms with Crippen molar-refractivity contribution in [3.05, 3.63) is 30.1 Å². The van der Waals surface area contributed by atoms with E-state index in [9.17, 15) is 18.0 Å². The van der Waals surface area contributed by atoms with Gasteiger partial charge in [-0.25, -0.2) is 9.78 Å². The third-order valence-electron chi connectivity index (χ3n) is 4.17. The fourth-order valence-electron chi connectivity index (χ4n) is 2.92. The molecule has 0 unspecified atom stereocenters. The molecule has 1 aliphatic rings. The van der Waals surface area contributed by atoms with Crippen LogP contribution in [0.3, 0.4) is 0 Å². The number of hydrogen-bond donors (Lipinski definition) is 0. The number of ether oxygens (including phenoxy) is 1. The SMILES string of the molecule is Cn1cnc2cc(C(=O)OC3CCN(CC(F)(F)F)CC3)ccc21. The predicted octanol–water partition coefficient (Wildman–Crippen LogP) is 2.76. The molecule has 2 heterocycles. The second kappa shape index (κ2) is 6.43. The first-order valence-electron chi connectivity index (χ1n) is 7.73. The summed E-state index contributed by atoms with van der Waals surface area (Å²) < 4.78 is 44.4. The highest BCUT2D eigenvalue weighted by Crippen LogP contribution is 2.22. The molecule has 8 heteroatoms. The number of halogens is 3. The van der Waals surface area contributed by atoms with Gasteiger partial charge >= 0.3 is 12.1 Å². The van der Waals surface area contributed by atoms with Crippen LogP contribution < -0.4 is 0 Å². The van der Waals surface area contributed by atoms with Gasteiger partial charge in [0.05, 0.1) is 29.5 Å². The molecule has 3 rings (SSSR count). The summed E-state index contributed by atoms with van der Waals surface area (Å²) in [5.41, 5.74) is 2.01. The van der Waals surface area contributed by atoms with Crippen LogP contribution in [0.5, 0.6) is 0 Å². The Hall–Kier alpha value is -2.09. The van der Waals surface area contributed by atoms with Gasteiger partial charge in [0.15, 0.2) is 0 Å². The van der Waals surface area contributed by atoms with E-state index in [1.807, 2.05) is 11.6 Å². The first kappa shape index (κ1) is 16.8. The van der Waals surface area contributed by atoms with Gasteiger partial charge in [0.1, 0.15) is 6.10 Å². The standard InChI is InChI=1S/C16H18F3N3O2/c1-21-10-20-13-8-11(2-3-14(13)21)15(23)24-12-4-6-22(7-5-12)9-16(17,18)19/h2-3,8,10,12H,4-7,9H2,1H3. The molecule has 0 atom stereocenters. The third kappa shape index (κ3) is 3.87. The average Bonchev–Trinajstić information content (AvgIpc) is 2.88. The van der Waals surface area contributed by atoms with Crippen molar-refractivity contribution in [2.45, 2.75) is 25.1 Å². The number of carbonyl (C=O) groups is 1. The molecule has 0 spiro atoms. The molecular formula is C16H18F3N3O2. The number of imidazole rings is 1. The number of aromatic nitrogens is 2. The van der Waals surface area contributed by atoms with Crippen molar-refractivity contribution in [1.29, 1.82) is 0 Å². The minimum Gasteiger partial charge on any atom is -0.459 e.